The fourth-order valence-electron chi connectivity index (χ4n) is 8.78. The molecule has 0 fully saturated rings. The number of hydrogen-bond acceptors (Lipinski definition) is 4. The summed E-state index contributed by atoms with van der Waals surface area (Å²) in [5.41, 5.74) is 7.14. The predicted molar refractivity (Wildman–Crippen MR) is 216 cm³/mol. The van der Waals surface area contributed by atoms with Crippen LogP contribution in [-0.2, 0) is 5.41 Å². The molecule has 3 aliphatic rings. The van der Waals surface area contributed by atoms with Gasteiger partial charge in [-0.15, -0.1) is 11.3 Å². The molecule has 7 aromatic carbocycles. The molecule has 0 bridgehead atoms. The van der Waals surface area contributed by atoms with Gasteiger partial charge in [0.1, 0.15) is 5.84 Å². The van der Waals surface area contributed by atoms with E-state index in [1.54, 1.807) is 0 Å². The number of aliphatic imine (C=N–C) groups is 1. The zero-order chi connectivity index (χ0) is 33.7. The van der Waals surface area contributed by atoms with Crippen LogP contribution in [-0.4, -0.2) is 11.9 Å². The van der Waals surface area contributed by atoms with E-state index in [1.165, 1.54) is 69.8 Å². The number of rotatable bonds is 3. The lowest BCUT2D eigenvalue weighted by Crippen LogP contribution is -2.39. The molecule has 1 aliphatic carbocycles. The SMILES string of the molecule is CC12C=CC=CC1N(c1ccc(C3=Nc4c(sc5ccccc45)C(c4ccc5ccccc5c4)N3)c3ccccc13)c1cc3ccccc3cc12. The number of benzene rings is 7. The van der Waals surface area contributed by atoms with Crippen LogP contribution < -0.4 is 10.2 Å². The lowest BCUT2D eigenvalue weighted by molar-refractivity contribution is 0.551. The molecule has 0 amide bonds. The van der Waals surface area contributed by atoms with Gasteiger partial charge in [0.15, 0.2) is 0 Å². The fraction of sp³-hybridized carbons (Fsp3) is 0.0851. The number of thiophene rings is 1. The molecule has 4 heteroatoms. The molecular weight excluding hydrogens is 639 g/mol. The van der Waals surface area contributed by atoms with E-state index in [0.29, 0.717) is 0 Å². The molecule has 1 N–H and O–H groups in total. The van der Waals surface area contributed by atoms with E-state index in [9.17, 15) is 0 Å². The molecule has 11 rings (SSSR count). The van der Waals surface area contributed by atoms with Crippen molar-refractivity contribution in [3.63, 3.8) is 0 Å². The first-order valence-corrected chi connectivity index (χ1v) is 18.5. The zero-order valence-electron chi connectivity index (χ0n) is 28.0. The number of nitrogens with one attached hydrogen (secondary N) is 1. The van der Waals surface area contributed by atoms with Gasteiger partial charge in [0.05, 0.1) is 22.6 Å². The van der Waals surface area contributed by atoms with Gasteiger partial charge in [-0.2, -0.15) is 0 Å². The molecule has 0 radical (unpaired) electrons. The second-order valence-corrected chi connectivity index (χ2v) is 15.3. The summed E-state index contributed by atoms with van der Waals surface area (Å²) in [6, 6.07) is 51.3. The van der Waals surface area contributed by atoms with Gasteiger partial charge in [0.2, 0.25) is 0 Å². The van der Waals surface area contributed by atoms with Crippen molar-refractivity contribution in [1.29, 1.82) is 0 Å². The van der Waals surface area contributed by atoms with E-state index in [4.69, 9.17) is 4.99 Å². The van der Waals surface area contributed by atoms with Gasteiger partial charge >= 0.3 is 0 Å². The van der Waals surface area contributed by atoms with Gasteiger partial charge in [-0.05, 0) is 81.4 Å². The molecule has 0 saturated heterocycles. The van der Waals surface area contributed by atoms with Crippen LogP contribution in [0.25, 0.3) is 42.4 Å². The van der Waals surface area contributed by atoms with Gasteiger partial charge in [0, 0.05) is 37.8 Å². The lowest BCUT2D eigenvalue weighted by Gasteiger charge is -2.35. The van der Waals surface area contributed by atoms with Crippen LogP contribution in [0.4, 0.5) is 17.1 Å². The first kappa shape index (κ1) is 28.8. The Morgan fingerprint density at radius 3 is 2.20 bits per heavy atom. The van der Waals surface area contributed by atoms with Crippen LogP contribution in [0.15, 0.2) is 169 Å². The molecule has 0 saturated carbocycles. The van der Waals surface area contributed by atoms with Crippen molar-refractivity contribution in [2.75, 3.05) is 4.90 Å². The van der Waals surface area contributed by atoms with Gasteiger partial charge in [-0.1, -0.05) is 127 Å². The number of nitrogens with zero attached hydrogens (tertiary/aromatic N) is 2. The highest BCUT2D eigenvalue weighted by Crippen LogP contribution is 2.54. The van der Waals surface area contributed by atoms with Crippen LogP contribution in [0.2, 0.25) is 0 Å². The normalized spacial score (nSPS) is 20.4. The molecule has 51 heavy (non-hydrogen) atoms. The topological polar surface area (TPSA) is 27.6 Å². The molecular formula is C47H33N3S. The Morgan fingerprint density at radius 1 is 0.647 bits per heavy atom. The number of hydrogen-bond donors (Lipinski definition) is 1. The minimum atomic E-state index is -0.146. The van der Waals surface area contributed by atoms with Crippen molar-refractivity contribution in [1.82, 2.24) is 5.32 Å². The number of amidine groups is 1. The Labute approximate surface area is 300 Å². The highest BCUT2D eigenvalue weighted by Gasteiger charge is 2.47. The summed E-state index contributed by atoms with van der Waals surface area (Å²) < 4.78 is 1.26. The van der Waals surface area contributed by atoms with Crippen molar-refractivity contribution in [2.45, 2.75) is 24.4 Å². The first-order chi connectivity index (χ1) is 25.1. The zero-order valence-corrected chi connectivity index (χ0v) is 28.9. The van der Waals surface area contributed by atoms with Gasteiger partial charge in [-0.25, -0.2) is 4.99 Å². The largest absolute Gasteiger partial charge is 0.358 e. The summed E-state index contributed by atoms with van der Waals surface area (Å²) in [6.07, 6.45) is 9.18. The monoisotopic (exact) mass is 671 g/mol. The quantitative estimate of drug-likeness (QED) is 0.202. The second kappa shape index (κ2) is 10.8. The summed E-state index contributed by atoms with van der Waals surface area (Å²) >= 11 is 1.84. The average Bonchev–Trinajstić information content (AvgIpc) is 3.68. The summed E-state index contributed by atoms with van der Waals surface area (Å²) in [7, 11) is 0. The molecule has 2 aliphatic heterocycles. The van der Waals surface area contributed by atoms with E-state index in [1.807, 2.05) is 11.3 Å². The van der Waals surface area contributed by atoms with Gasteiger partial charge in [-0.3, -0.25) is 0 Å². The Bertz CT molecular complexity index is 2840. The second-order valence-electron chi connectivity index (χ2n) is 14.2. The van der Waals surface area contributed by atoms with Crippen molar-refractivity contribution in [3.8, 4) is 0 Å². The predicted octanol–water partition coefficient (Wildman–Crippen LogP) is 12.0. The summed E-state index contributed by atoms with van der Waals surface area (Å²) in [6.45, 7) is 2.39. The van der Waals surface area contributed by atoms with Crippen molar-refractivity contribution < 1.29 is 0 Å². The third kappa shape index (κ3) is 4.20. The molecule has 3 heterocycles. The van der Waals surface area contributed by atoms with Gasteiger partial charge < -0.3 is 10.2 Å². The van der Waals surface area contributed by atoms with Crippen LogP contribution in [0.5, 0.6) is 0 Å². The van der Waals surface area contributed by atoms with E-state index in [-0.39, 0.29) is 17.5 Å². The Kier molecular flexibility index (Phi) is 6.08. The van der Waals surface area contributed by atoms with Crippen LogP contribution in [0, 0.1) is 0 Å². The highest BCUT2D eigenvalue weighted by molar-refractivity contribution is 7.19. The maximum Gasteiger partial charge on any atom is 0.135 e. The summed E-state index contributed by atoms with van der Waals surface area (Å²) in [5, 5.41) is 12.6. The Balaban J connectivity index is 1.10. The summed E-state index contributed by atoms with van der Waals surface area (Å²) in [5.74, 6) is 0.908. The lowest BCUT2D eigenvalue weighted by atomic mass is 9.75. The molecule has 0 spiro atoms. The average molecular weight is 672 g/mol. The standard InChI is InChI=1S/C47H33N3S/c1-47-25-11-10-20-42(47)50(40-28-32-15-5-4-14-31(32)27-38(40)47)39-24-23-36(34-16-6-7-17-35(34)39)46-48-43(33-22-21-29-12-2-3-13-30(29)26-33)45-44(49-46)37-18-8-9-19-41(37)51-45/h2-28,42-43H,1H3,(H,48,49). The fourth-order valence-corrected chi connectivity index (χ4v) is 10.0. The first-order valence-electron chi connectivity index (χ1n) is 17.7. The van der Waals surface area contributed by atoms with Crippen molar-refractivity contribution >= 4 is 76.6 Å². The third-order valence-electron chi connectivity index (χ3n) is 11.3. The summed E-state index contributed by atoms with van der Waals surface area (Å²) in [4.78, 5) is 9.28. The molecule has 3 nitrogen and oxygen atoms in total. The number of fused-ring (bicyclic) bond motifs is 9. The minimum Gasteiger partial charge on any atom is -0.358 e. The highest BCUT2D eigenvalue weighted by atomic mass is 32.1. The maximum atomic E-state index is 5.45. The van der Waals surface area contributed by atoms with Gasteiger partial charge in [0.25, 0.3) is 0 Å². The Morgan fingerprint density at radius 2 is 1.35 bits per heavy atom. The number of anilines is 2. The van der Waals surface area contributed by atoms with Crippen molar-refractivity contribution in [3.05, 3.63) is 185 Å². The molecule has 3 atom stereocenters. The molecule has 8 aromatic rings. The van der Waals surface area contributed by atoms with E-state index < -0.39 is 0 Å². The van der Waals surface area contributed by atoms with E-state index in [2.05, 4.69) is 181 Å². The van der Waals surface area contributed by atoms with Crippen LogP contribution in [0.3, 0.4) is 0 Å². The maximum absolute atomic E-state index is 5.45. The van der Waals surface area contributed by atoms with Crippen LogP contribution >= 0.6 is 11.3 Å². The third-order valence-corrected chi connectivity index (χ3v) is 12.6. The smallest absolute Gasteiger partial charge is 0.135 e. The molecule has 1 aromatic heterocycles. The van der Waals surface area contributed by atoms with Crippen molar-refractivity contribution in [2.24, 2.45) is 4.99 Å². The van der Waals surface area contributed by atoms with E-state index in [0.717, 1.165) is 17.1 Å². The Hall–Kier alpha value is -5.97. The molecule has 242 valence electrons. The minimum absolute atomic E-state index is 0.0217. The van der Waals surface area contributed by atoms with Crippen LogP contribution in [0.1, 0.15) is 34.5 Å². The van der Waals surface area contributed by atoms with E-state index >= 15 is 0 Å². The molecule has 3 unspecified atom stereocenters. The number of allylic oxidation sites excluding steroid dienone is 2.